The molecule has 0 radical (unpaired) electrons. The lowest BCUT2D eigenvalue weighted by Crippen LogP contribution is -2.68. The highest BCUT2D eigenvalue weighted by Crippen LogP contribution is 2.46. The van der Waals surface area contributed by atoms with E-state index in [0.717, 1.165) is 10.4 Å². The van der Waals surface area contributed by atoms with Crippen LogP contribution in [0.4, 0.5) is 0 Å². The molecule has 2 fully saturated rings. The zero-order chi connectivity index (χ0) is 24.8. The van der Waals surface area contributed by atoms with Gasteiger partial charge in [-0.15, -0.1) is 0 Å². The highest BCUT2D eigenvalue weighted by molar-refractivity contribution is 6.99. The molecule has 0 saturated carbocycles. The fourth-order valence-electron chi connectivity index (χ4n) is 5.36. The largest absolute Gasteiger partial charge is 0.404 e. The van der Waals surface area contributed by atoms with Crippen molar-refractivity contribution in [2.45, 2.75) is 49.8 Å². The van der Waals surface area contributed by atoms with Crippen LogP contribution in [0.25, 0.3) is 0 Å². The predicted molar refractivity (Wildman–Crippen MR) is 133 cm³/mol. The number of benzene rings is 2. The maximum absolute atomic E-state index is 12.4. The van der Waals surface area contributed by atoms with E-state index in [4.69, 9.17) is 13.9 Å². The Morgan fingerprint density at radius 2 is 1.66 bits per heavy atom. The molecule has 0 amide bonds. The third-order valence-electron chi connectivity index (χ3n) is 7.08. The van der Waals surface area contributed by atoms with E-state index in [1.165, 1.54) is 16.8 Å². The van der Waals surface area contributed by atoms with Gasteiger partial charge in [-0.3, -0.25) is 14.3 Å². The van der Waals surface area contributed by atoms with Gasteiger partial charge in [-0.25, -0.2) is 4.79 Å². The number of rotatable bonds is 6. The Labute approximate surface area is 204 Å². The Bertz CT molecular complexity index is 1260. The van der Waals surface area contributed by atoms with Crippen LogP contribution < -0.4 is 21.6 Å². The highest BCUT2D eigenvalue weighted by atomic mass is 28.4. The number of aliphatic hydroxyl groups excluding tert-OH is 1. The van der Waals surface area contributed by atoms with Crippen molar-refractivity contribution in [2.24, 2.45) is 0 Å². The topological polar surface area (TPSA) is 103 Å². The normalized spacial score (nSPS) is 26.2. The summed E-state index contributed by atoms with van der Waals surface area (Å²) in [5.74, 6) is 0. The molecule has 0 spiro atoms. The van der Waals surface area contributed by atoms with Gasteiger partial charge in [0.15, 0.2) is 6.23 Å². The van der Waals surface area contributed by atoms with Crippen LogP contribution in [-0.4, -0.2) is 54.0 Å². The predicted octanol–water partition coefficient (Wildman–Crippen LogP) is 1.14. The second-order valence-electron chi connectivity index (χ2n) is 10.3. The van der Waals surface area contributed by atoms with Gasteiger partial charge in [-0.05, 0) is 15.4 Å². The fraction of sp³-hybridized carbons (Fsp3) is 0.385. The lowest BCUT2D eigenvalue weighted by Gasteiger charge is -2.45. The van der Waals surface area contributed by atoms with E-state index in [1.807, 2.05) is 36.4 Å². The molecule has 8 nitrogen and oxygen atoms in total. The molecule has 0 aliphatic carbocycles. The summed E-state index contributed by atoms with van der Waals surface area (Å²) in [6.45, 7) is 6.77. The zero-order valence-electron chi connectivity index (χ0n) is 20.0. The van der Waals surface area contributed by atoms with Crippen molar-refractivity contribution in [1.82, 2.24) is 9.55 Å². The maximum Gasteiger partial charge on any atom is 0.330 e. The van der Waals surface area contributed by atoms with Crippen LogP contribution in [0, 0.1) is 0 Å². The summed E-state index contributed by atoms with van der Waals surface area (Å²) in [5.41, 5.74) is -2.26. The first-order chi connectivity index (χ1) is 16.7. The lowest BCUT2D eigenvalue weighted by molar-refractivity contribution is -0.185. The smallest absolute Gasteiger partial charge is 0.330 e. The van der Waals surface area contributed by atoms with Gasteiger partial charge in [-0.1, -0.05) is 81.4 Å². The van der Waals surface area contributed by atoms with Gasteiger partial charge in [0.2, 0.25) is 0 Å². The minimum atomic E-state index is -2.87. The van der Waals surface area contributed by atoms with Crippen molar-refractivity contribution in [3.63, 3.8) is 0 Å². The summed E-state index contributed by atoms with van der Waals surface area (Å²) in [6.07, 6.45) is -1.25. The van der Waals surface area contributed by atoms with Gasteiger partial charge in [0.25, 0.3) is 13.9 Å². The lowest BCUT2D eigenvalue weighted by atomic mass is 10.0. The molecular weight excluding hydrogens is 464 g/mol. The van der Waals surface area contributed by atoms with Gasteiger partial charge in [0, 0.05) is 12.3 Å². The van der Waals surface area contributed by atoms with Crippen LogP contribution in [0.3, 0.4) is 0 Å². The van der Waals surface area contributed by atoms with Crippen molar-refractivity contribution < 1.29 is 19.0 Å². The molecule has 3 aromatic rings. The number of ether oxygens (including phenoxy) is 2. The average molecular weight is 495 g/mol. The molecule has 0 unspecified atom stereocenters. The molecular formula is C26H30N2O6Si. The van der Waals surface area contributed by atoms with Gasteiger partial charge in [0.1, 0.15) is 17.8 Å². The highest BCUT2D eigenvalue weighted by Gasteiger charge is 2.63. The first-order valence-electron chi connectivity index (χ1n) is 11.7. The fourth-order valence-corrected chi connectivity index (χ4v) is 9.97. The van der Waals surface area contributed by atoms with Gasteiger partial charge in [0.05, 0.1) is 13.2 Å². The minimum Gasteiger partial charge on any atom is -0.404 e. The quantitative estimate of drug-likeness (QED) is 0.499. The van der Waals surface area contributed by atoms with Crippen molar-refractivity contribution >= 4 is 18.7 Å². The SMILES string of the molecule is CC(C)(C)[Si](OC[C@]12CO[C@H]([C@H](n3ccc(=O)[nH]c3=O)O1)[C@H]2O)(c1ccccc1)c1ccccc1. The molecule has 35 heavy (non-hydrogen) atoms. The minimum absolute atomic E-state index is 0.0898. The van der Waals surface area contributed by atoms with Crippen LogP contribution in [0.15, 0.2) is 82.5 Å². The molecule has 4 atom stereocenters. The monoisotopic (exact) mass is 494 g/mol. The summed E-state index contributed by atoms with van der Waals surface area (Å²) in [7, 11) is -2.87. The number of fused-ring (bicyclic) bond motifs is 2. The summed E-state index contributed by atoms with van der Waals surface area (Å²) in [4.78, 5) is 26.1. The molecule has 1 aromatic heterocycles. The van der Waals surface area contributed by atoms with Crippen LogP contribution in [0.5, 0.6) is 0 Å². The van der Waals surface area contributed by atoms with E-state index < -0.39 is 43.6 Å². The van der Waals surface area contributed by atoms with Crippen LogP contribution in [0.2, 0.25) is 5.04 Å². The second-order valence-corrected chi connectivity index (χ2v) is 14.6. The van der Waals surface area contributed by atoms with Crippen LogP contribution >= 0.6 is 0 Å². The van der Waals surface area contributed by atoms with Crippen LogP contribution in [0.1, 0.15) is 27.0 Å². The summed E-state index contributed by atoms with van der Waals surface area (Å²) >= 11 is 0. The Morgan fingerprint density at radius 1 is 1.06 bits per heavy atom. The molecule has 2 bridgehead atoms. The van der Waals surface area contributed by atoms with Crippen LogP contribution in [-0.2, 0) is 13.9 Å². The summed E-state index contributed by atoms with van der Waals surface area (Å²) < 4.78 is 20.5. The number of aromatic nitrogens is 2. The molecule has 184 valence electrons. The first kappa shape index (κ1) is 23.9. The Hall–Kier alpha value is -2.82. The number of nitrogens with one attached hydrogen (secondary N) is 1. The van der Waals surface area contributed by atoms with E-state index >= 15 is 0 Å². The van der Waals surface area contributed by atoms with E-state index in [0.29, 0.717) is 0 Å². The standard InChI is InChI=1S/C26H30N2O6Si/c1-25(2,3)35(18-10-6-4-7-11-18,19-12-8-5-9-13-19)33-17-26-16-32-21(22(26)30)23(34-26)28-15-14-20(29)27-24(28)31/h4-15,21-23,30H,16-17H2,1-3H3,(H,27,29,31)/t21-,22+,23+,26-/m0/s1. The molecule has 2 aliphatic heterocycles. The number of hydrogen-bond donors (Lipinski definition) is 2. The van der Waals surface area contributed by atoms with E-state index in [1.54, 1.807) is 0 Å². The Balaban J connectivity index is 1.53. The van der Waals surface area contributed by atoms with Crippen molar-refractivity contribution in [1.29, 1.82) is 0 Å². The number of aromatic amines is 1. The van der Waals surface area contributed by atoms with Gasteiger partial charge < -0.3 is 19.0 Å². The molecule has 2 aliphatic rings. The van der Waals surface area contributed by atoms with E-state index in [2.05, 4.69) is 50.0 Å². The average Bonchev–Trinajstić information content (AvgIpc) is 3.29. The van der Waals surface area contributed by atoms with Crippen molar-refractivity contribution in [2.75, 3.05) is 13.2 Å². The van der Waals surface area contributed by atoms with E-state index in [-0.39, 0.29) is 18.3 Å². The molecule has 2 N–H and O–H groups in total. The Morgan fingerprint density at radius 3 is 2.20 bits per heavy atom. The molecule has 9 heteroatoms. The number of H-pyrrole nitrogens is 1. The third-order valence-corrected chi connectivity index (χ3v) is 12.1. The molecule has 2 aromatic carbocycles. The molecule has 3 heterocycles. The van der Waals surface area contributed by atoms with E-state index in [9.17, 15) is 14.7 Å². The maximum atomic E-state index is 12.4. The third kappa shape index (κ3) is 3.84. The summed E-state index contributed by atoms with van der Waals surface area (Å²) in [5, 5.41) is 13.2. The molecule has 5 rings (SSSR count). The summed E-state index contributed by atoms with van der Waals surface area (Å²) in [6, 6.07) is 21.7. The molecule has 2 saturated heterocycles. The van der Waals surface area contributed by atoms with Crippen molar-refractivity contribution in [3.05, 3.63) is 93.8 Å². The number of nitrogens with zero attached hydrogens (tertiary/aromatic N) is 1. The first-order valence-corrected chi connectivity index (χ1v) is 13.6. The zero-order valence-corrected chi connectivity index (χ0v) is 21.0. The van der Waals surface area contributed by atoms with Gasteiger partial charge in [-0.2, -0.15) is 0 Å². The Kier molecular flexibility index (Phi) is 5.93. The second kappa shape index (κ2) is 8.68. The van der Waals surface area contributed by atoms with Gasteiger partial charge >= 0.3 is 5.69 Å². The van der Waals surface area contributed by atoms with Crippen molar-refractivity contribution in [3.8, 4) is 0 Å². The number of aliphatic hydroxyl groups is 1. The number of hydrogen-bond acceptors (Lipinski definition) is 6.